The van der Waals surface area contributed by atoms with Gasteiger partial charge in [0.15, 0.2) is 0 Å². The molecule has 4 nitrogen and oxygen atoms in total. The summed E-state index contributed by atoms with van der Waals surface area (Å²) in [7, 11) is 0. The summed E-state index contributed by atoms with van der Waals surface area (Å²) in [5, 5.41) is 6.95. The molecule has 0 atom stereocenters. The third-order valence-electron chi connectivity index (χ3n) is 3.25. The third-order valence-corrected chi connectivity index (χ3v) is 3.60. The Morgan fingerprint density at radius 2 is 2.32 bits per heavy atom. The van der Waals surface area contributed by atoms with Crippen LogP contribution in [0.2, 0.25) is 5.02 Å². The molecule has 2 rings (SSSR count). The molecule has 0 unspecified atom stereocenters. The van der Waals surface area contributed by atoms with Gasteiger partial charge in [0.2, 0.25) is 5.91 Å². The molecule has 1 aromatic carbocycles. The molecule has 104 valence electrons. The average Bonchev–Trinajstić information content (AvgIpc) is 2.62. The predicted octanol–water partition coefficient (Wildman–Crippen LogP) is 1.78. The molecule has 1 aliphatic rings. The summed E-state index contributed by atoms with van der Waals surface area (Å²) in [5.41, 5.74) is 2.13. The first kappa shape index (κ1) is 14.2. The maximum Gasteiger partial charge on any atom is 0.239 e. The molecule has 1 aliphatic heterocycles. The van der Waals surface area contributed by atoms with Crippen LogP contribution in [0.5, 0.6) is 0 Å². The van der Waals surface area contributed by atoms with Crippen LogP contribution in [0.1, 0.15) is 18.9 Å². The van der Waals surface area contributed by atoms with Gasteiger partial charge in [0, 0.05) is 35.9 Å². The topological polar surface area (TPSA) is 44.4 Å². The Labute approximate surface area is 119 Å². The maximum absolute atomic E-state index is 11.7. The monoisotopic (exact) mass is 281 g/mol. The molecule has 0 spiro atoms. The average molecular weight is 282 g/mol. The van der Waals surface area contributed by atoms with E-state index in [2.05, 4.69) is 22.5 Å². The van der Waals surface area contributed by atoms with Crippen molar-refractivity contribution in [1.29, 1.82) is 0 Å². The van der Waals surface area contributed by atoms with E-state index >= 15 is 0 Å². The first-order valence-corrected chi connectivity index (χ1v) is 7.10. The molecule has 0 bridgehead atoms. The number of carbonyl (C=O) groups excluding carboxylic acids is 1. The van der Waals surface area contributed by atoms with Crippen LogP contribution in [-0.4, -0.2) is 32.1 Å². The second-order valence-corrected chi connectivity index (χ2v) is 5.05. The Kier molecular flexibility index (Phi) is 5.05. The number of hydrogen-bond acceptors (Lipinski definition) is 3. The van der Waals surface area contributed by atoms with Crippen LogP contribution in [0.3, 0.4) is 0 Å². The molecule has 2 N–H and O–H groups in total. The van der Waals surface area contributed by atoms with Gasteiger partial charge in [0.1, 0.15) is 0 Å². The fourth-order valence-corrected chi connectivity index (χ4v) is 2.52. The third kappa shape index (κ3) is 3.61. The lowest BCUT2D eigenvalue weighted by Crippen LogP contribution is -2.33. The van der Waals surface area contributed by atoms with E-state index in [1.165, 1.54) is 0 Å². The lowest BCUT2D eigenvalue weighted by Gasteiger charge is -2.25. The van der Waals surface area contributed by atoms with Crippen molar-refractivity contribution in [2.75, 3.05) is 31.1 Å². The van der Waals surface area contributed by atoms with Gasteiger partial charge in [-0.2, -0.15) is 0 Å². The number of carbonyl (C=O) groups is 1. The number of nitrogens with zero attached hydrogens (tertiary/aromatic N) is 1. The van der Waals surface area contributed by atoms with Crippen molar-refractivity contribution in [3.8, 4) is 0 Å². The molecule has 19 heavy (non-hydrogen) atoms. The number of nitrogens with one attached hydrogen (secondary N) is 2. The van der Waals surface area contributed by atoms with E-state index in [9.17, 15) is 4.79 Å². The Bertz CT molecular complexity index is 450. The molecule has 1 saturated heterocycles. The van der Waals surface area contributed by atoms with Gasteiger partial charge in [0.05, 0.1) is 6.54 Å². The zero-order chi connectivity index (χ0) is 13.7. The molecular weight excluding hydrogens is 262 g/mol. The minimum absolute atomic E-state index is 0.0758. The lowest BCUT2D eigenvalue weighted by molar-refractivity contribution is -0.119. The van der Waals surface area contributed by atoms with Crippen LogP contribution in [0, 0.1) is 0 Å². The maximum atomic E-state index is 11.7. The van der Waals surface area contributed by atoms with Crippen molar-refractivity contribution >= 4 is 23.2 Å². The number of amides is 1. The van der Waals surface area contributed by atoms with Crippen LogP contribution >= 0.6 is 11.6 Å². The molecule has 0 aromatic heterocycles. The first-order valence-electron chi connectivity index (χ1n) is 6.72. The molecule has 1 fully saturated rings. The summed E-state index contributed by atoms with van der Waals surface area (Å²) in [6.07, 6.45) is 0.957. The van der Waals surface area contributed by atoms with E-state index in [-0.39, 0.29) is 5.91 Å². The van der Waals surface area contributed by atoms with Gasteiger partial charge in [-0.1, -0.05) is 24.6 Å². The lowest BCUT2D eigenvalue weighted by atomic mass is 10.1. The van der Waals surface area contributed by atoms with Crippen LogP contribution in [-0.2, 0) is 11.3 Å². The van der Waals surface area contributed by atoms with Gasteiger partial charge < -0.3 is 15.5 Å². The molecule has 0 saturated carbocycles. The highest BCUT2D eigenvalue weighted by atomic mass is 35.5. The fraction of sp³-hybridized carbons (Fsp3) is 0.500. The zero-order valence-electron chi connectivity index (χ0n) is 11.2. The zero-order valence-corrected chi connectivity index (χ0v) is 12.0. The standard InChI is InChI=1S/C14H20ClN3O/c1-2-16-9-11-12(15)5-3-6-13(11)18-8-4-7-17-14(19)10-18/h3,5-6,16H,2,4,7-10H2,1H3,(H,17,19). The summed E-state index contributed by atoms with van der Waals surface area (Å²) < 4.78 is 0. The van der Waals surface area contributed by atoms with Crippen molar-refractivity contribution in [1.82, 2.24) is 10.6 Å². The molecule has 1 amide bonds. The van der Waals surface area contributed by atoms with E-state index in [0.717, 1.165) is 48.9 Å². The number of benzene rings is 1. The highest BCUT2D eigenvalue weighted by Gasteiger charge is 2.18. The van der Waals surface area contributed by atoms with E-state index in [1.54, 1.807) is 0 Å². The SMILES string of the molecule is CCNCc1c(Cl)cccc1N1CCCNC(=O)C1. The van der Waals surface area contributed by atoms with Crippen LogP contribution < -0.4 is 15.5 Å². The molecular formula is C14H20ClN3O. The Morgan fingerprint density at radius 1 is 1.47 bits per heavy atom. The van der Waals surface area contributed by atoms with Gasteiger partial charge in [-0.25, -0.2) is 0 Å². The Hall–Kier alpha value is -1.26. The van der Waals surface area contributed by atoms with E-state index in [0.29, 0.717) is 6.54 Å². The summed E-state index contributed by atoms with van der Waals surface area (Å²) >= 11 is 6.29. The Morgan fingerprint density at radius 3 is 3.11 bits per heavy atom. The predicted molar refractivity (Wildman–Crippen MR) is 78.7 cm³/mol. The van der Waals surface area contributed by atoms with E-state index in [4.69, 9.17) is 11.6 Å². The minimum Gasteiger partial charge on any atom is -0.362 e. The van der Waals surface area contributed by atoms with Gasteiger partial charge in [0.25, 0.3) is 0 Å². The van der Waals surface area contributed by atoms with Crippen LogP contribution in [0.4, 0.5) is 5.69 Å². The molecule has 5 heteroatoms. The number of rotatable bonds is 4. The molecule has 0 aliphatic carbocycles. The van der Waals surface area contributed by atoms with Gasteiger partial charge in [-0.15, -0.1) is 0 Å². The first-order chi connectivity index (χ1) is 9.22. The minimum atomic E-state index is 0.0758. The van der Waals surface area contributed by atoms with Gasteiger partial charge in [-0.05, 0) is 25.1 Å². The number of hydrogen-bond donors (Lipinski definition) is 2. The highest BCUT2D eigenvalue weighted by Crippen LogP contribution is 2.28. The molecule has 0 radical (unpaired) electrons. The van der Waals surface area contributed by atoms with Crippen molar-refractivity contribution in [3.05, 3.63) is 28.8 Å². The van der Waals surface area contributed by atoms with E-state index in [1.807, 2.05) is 18.2 Å². The summed E-state index contributed by atoms with van der Waals surface area (Å²) in [5.74, 6) is 0.0758. The number of halogens is 1. The van der Waals surface area contributed by atoms with E-state index < -0.39 is 0 Å². The molecule has 1 heterocycles. The van der Waals surface area contributed by atoms with Crippen molar-refractivity contribution in [2.45, 2.75) is 19.9 Å². The van der Waals surface area contributed by atoms with Gasteiger partial charge >= 0.3 is 0 Å². The normalized spacial score (nSPS) is 16.1. The summed E-state index contributed by atoms with van der Waals surface area (Å²) in [6, 6.07) is 5.88. The van der Waals surface area contributed by atoms with Gasteiger partial charge in [-0.3, -0.25) is 4.79 Å². The summed E-state index contributed by atoms with van der Waals surface area (Å²) in [6.45, 7) is 5.71. The van der Waals surface area contributed by atoms with Crippen LogP contribution in [0.25, 0.3) is 0 Å². The second kappa shape index (κ2) is 6.78. The van der Waals surface area contributed by atoms with Crippen molar-refractivity contribution < 1.29 is 4.79 Å². The summed E-state index contributed by atoms with van der Waals surface area (Å²) in [4.78, 5) is 13.8. The second-order valence-electron chi connectivity index (χ2n) is 4.64. The smallest absolute Gasteiger partial charge is 0.239 e. The fourth-order valence-electron chi connectivity index (χ4n) is 2.28. The van der Waals surface area contributed by atoms with Crippen molar-refractivity contribution in [3.63, 3.8) is 0 Å². The Balaban J connectivity index is 2.26. The molecule has 1 aromatic rings. The number of anilines is 1. The highest BCUT2D eigenvalue weighted by molar-refractivity contribution is 6.31. The van der Waals surface area contributed by atoms with Crippen LogP contribution in [0.15, 0.2) is 18.2 Å². The quantitative estimate of drug-likeness (QED) is 0.884. The van der Waals surface area contributed by atoms with Crippen molar-refractivity contribution in [2.24, 2.45) is 0 Å². The largest absolute Gasteiger partial charge is 0.362 e.